The van der Waals surface area contributed by atoms with Crippen molar-refractivity contribution in [3.05, 3.63) is 76.5 Å². The summed E-state index contributed by atoms with van der Waals surface area (Å²) in [6.45, 7) is 0. The van der Waals surface area contributed by atoms with E-state index in [0.717, 1.165) is 0 Å². The highest BCUT2D eigenvalue weighted by atomic mass is 79.9. The molecule has 0 unspecified atom stereocenters. The predicted molar refractivity (Wildman–Crippen MR) is 99.7 cm³/mol. The highest BCUT2D eigenvalue weighted by Crippen LogP contribution is 2.23. The Kier molecular flexibility index (Phi) is 4.95. The van der Waals surface area contributed by atoms with E-state index in [-0.39, 0.29) is 17.3 Å². The minimum absolute atomic E-state index is 0.143. The Bertz CT molecular complexity index is 908. The first-order valence-corrected chi connectivity index (χ1v) is 8.31. The first kappa shape index (κ1) is 16.9. The monoisotopic (exact) mass is 398 g/mol. The van der Waals surface area contributed by atoms with Gasteiger partial charge in [0.05, 0.1) is 4.47 Å². The molecule has 7 heteroatoms. The van der Waals surface area contributed by atoms with E-state index in [1.165, 1.54) is 4.68 Å². The zero-order valence-electron chi connectivity index (χ0n) is 13.4. The van der Waals surface area contributed by atoms with Crippen LogP contribution >= 0.6 is 15.9 Å². The number of carbonyl (C=O) groups excluding carboxylic acids is 2. The van der Waals surface area contributed by atoms with Gasteiger partial charge in [0.15, 0.2) is 5.69 Å². The van der Waals surface area contributed by atoms with Crippen molar-refractivity contribution in [1.82, 2.24) is 9.78 Å². The van der Waals surface area contributed by atoms with E-state index in [1.54, 1.807) is 31.3 Å². The molecule has 0 bridgehead atoms. The van der Waals surface area contributed by atoms with Crippen molar-refractivity contribution in [2.24, 2.45) is 7.05 Å². The van der Waals surface area contributed by atoms with Gasteiger partial charge in [0.2, 0.25) is 0 Å². The van der Waals surface area contributed by atoms with Crippen LogP contribution in [0.3, 0.4) is 0 Å². The minimum Gasteiger partial charge on any atom is -0.321 e. The molecule has 0 aliphatic rings. The number of aryl methyl sites for hydroxylation is 1. The average molecular weight is 399 g/mol. The molecule has 1 heterocycles. The number of carbonyl (C=O) groups is 2. The second-order valence-corrected chi connectivity index (χ2v) is 6.07. The lowest BCUT2D eigenvalue weighted by Gasteiger charge is -2.05. The molecule has 0 atom stereocenters. The lowest BCUT2D eigenvalue weighted by Crippen LogP contribution is -2.16. The normalized spacial score (nSPS) is 10.3. The number of nitrogens with one attached hydrogen (secondary N) is 2. The standard InChI is InChI=1S/C18H15BrN4O2/c1-23-16(18(25)21-13-10-6-3-7-11-13)14(19)15(22-23)17(24)20-12-8-4-2-5-9-12/h2-11H,1H3,(H,20,24)(H,21,25). The molecule has 2 amide bonds. The van der Waals surface area contributed by atoms with Gasteiger partial charge in [-0.25, -0.2) is 0 Å². The van der Waals surface area contributed by atoms with E-state index in [0.29, 0.717) is 15.8 Å². The quantitative estimate of drug-likeness (QED) is 0.703. The highest BCUT2D eigenvalue weighted by molar-refractivity contribution is 9.10. The Hall–Kier alpha value is -2.93. The summed E-state index contributed by atoms with van der Waals surface area (Å²) < 4.78 is 1.72. The van der Waals surface area contributed by atoms with Gasteiger partial charge in [-0.15, -0.1) is 0 Å². The van der Waals surface area contributed by atoms with Crippen LogP contribution in [0.1, 0.15) is 21.0 Å². The summed E-state index contributed by atoms with van der Waals surface area (Å²) in [4.78, 5) is 24.9. The van der Waals surface area contributed by atoms with Crippen molar-refractivity contribution in [2.45, 2.75) is 0 Å². The Labute approximate surface area is 153 Å². The number of para-hydroxylation sites is 2. The van der Waals surface area contributed by atoms with Gasteiger partial charge in [0.25, 0.3) is 11.8 Å². The minimum atomic E-state index is -0.396. The Morgan fingerprint density at radius 2 is 1.36 bits per heavy atom. The van der Waals surface area contributed by atoms with E-state index in [9.17, 15) is 9.59 Å². The zero-order chi connectivity index (χ0) is 17.8. The van der Waals surface area contributed by atoms with Crippen molar-refractivity contribution in [2.75, 3.05) is 10.6 Å². The van der Waals surface area contributed by atoms with Crippen molar-refractivity contribution in [1.29, 1.82) is 0 Å². The molecule has 0 aliphatic heterocycles. The van der Waals surface area contributed by atoms with Crippen LogP contribution in [0.5, 0.6) is 0 Å². The second-order valence-electron chi connectivity index (χ2n) is 5.28. The molecule has 6 nitrogen and oxygen atoms in total. The van der Waals surface area contributed by atoms with Crippen molar-refractivity contribution in [3.63, 3.8) is 0 Å². The van der Waals surface area contributed by atoms with Crippen molar-refractivity contribution in [3.8, 4) is 0 Å². The molecule has 126 valence electrons. The Balaban J connectivity index is 1.83. The van der Waals surface area contributed by atoms with E-state index in [1.807, 2.05) is 36.4 Å². The predicted octanol–water partition coefficient (Wildman–Crippen LogP) is 3.69. The lowest BCUT2D eigenvalue weighted by atomic mass is 10.2. The summed E-state index contributed by atoms with van der Waals surface area (Å²) >= 11 is 3.33. The largest absolute Gasteiger partial charge is 0.321 e. The molecule has 0 spiro atoms. The van der Waals surface area contributed by atoms with Crippen LogP contribution in [0.2, 0.25) is 0 Å². The lowest BCUT2D eigenvalue weighted by molar-refractivity contribution is 0.101. The van der Waals surface area contributed by atoms with Gasteiger partial charge in [0.1, 0.15) is 5.69 Å². The summed E-state index contributed by atoms with van der Waals surface area (Å²) in [5.41, 5.74) is 1.72. The Morgan fingerprint density at radius 3 is 1.88 bits per heavy atom. The first-order chi connectivity index (χ1) is 12.1. The van der Waals surface area contributed by atoms with Gasteiger partial charge in [-0.2, -0.15) is 5.10 Å². The van der Waals surface area contributed by atoms with Crippen LogP contribution in [0.4, 0.5) is 11.4 Å². The van der Waals surface area contributed by atoms with Crippen LogP contribution in [-0.4, -0.2) is 21.6 Å². The number of rotatable bonds is 4. The number of aromatic nitrogens is 2. The maximum atomic E-state index is 12.5. The van der Waals surface area contributed by atoms with E-state index < -0.39 is 5.91 Å². The summed E-state index contributed by atoms with van der Waals surface area (Å²) in [6, 6.07) is 18.1. The van der Waals surface area contributed by atoms with Crippen LogP contribution < -0.4 is 10.6 Å². The number of halogens is 1. The molecule has 3 rings (SSSR count). The van der Waals surface area contributed by atoms with Gasteiger partial charge in [-0.05, 0) is 40.2 Å². The molecular formula is C18H15BrN4O2. The number of nitrogens with zero attached hydrogens (tertiary/aromatic N) is 2. The topological polar surface area (TPSA) is 76.0 Å². The summed E-state index contributed by atoms with van der Waals surface area (Å²) in [6.07, 6.45) is 0. The fourth-order valence-electron chi connectivity index (χ4n) is 2.31. The number of amides is 2. The van der Waals surface area contributed by atoms with Gasteiger partial charge < -0.3 is 10.6 Å². The summed E-state index contributed by atoms with van der Waals surface area (Å²) in [5.74, 6) is -0.751. The number of hydrogen-bond acceptors (Lipinski definition) is 3. The van der Waals surface area contributed by atoms with Crippen molar-refractivity contribution < 1.29 is 9.59 Å². The Morgan fingerprint density at radius 1 is 0.880 bits per heavy atom. The number of hydrogen-bond donors (Lipinski definition) is 2. The van der Waals surface area contributed by atoms with E-state index in [4.69, 9.17) is 0 Å². The molecular weight excluding hydrogens is 384 g/mol. The molecule has 2 N–H and O–H groups in total. The van der Waals surface area contributed by atoms with E-state index >= 15 is 0 Å². The zero-order valence-corrected chi connectivity index (χ0v) is 14.9. The third-order valence-corrected chi connectivity index (χ3v) is 4.23. The third kappa shape index (κ3) is 3.77. The van der Waals surface area contributed by atoms with Gasteiger partial charge >= 0.3 is 0 Å². The average Bonchev–Trinajstić information content (AvgIpc) is 2.91. The molecule has 3 aromatic rings. The van der Waals surface area contributed by atoms with Crippen LogP contribution in [0.25, 0.3) is 0 Å². The van der Waals surface area contributed by atoms with Crippen molar-refractivity contribution >= 4 is 39.1 Å². The van der Waals surface area contributed by atoms with Gasteiger partial charge in [-0.1, -0.05) is 36.4 Å². The molecule has 0 fully saturated rings. The number of benzene rings is 2. The second kappa shape index (κ2) is 7.31. The smallest absolute Gasteiger partial charge is 0.277 e. The van der Waals surface area contributed by atoms with Crippen LogP contribution in [-0.2, 0) is 7.05 Å². The van der Waals surface area contributed by atoms with Gasteiger partial charge in [-0.3, -0.25) is 14.3 Å². The maximum absolute atomic E-state index is 12.5. The fraction of sp³-hybridized carbons (Fsp3) is 0.0556. The molecule has 0 aliphatic carbocycles. The van der Waals surface area contributed by atoms with Crippen LogP contribution in [0, 0.1) is 0 Å². The summed E-state index contributed by atoms with van der Waals surface area (Å²) in [5, 5.41) is 9.70. The molecule has 25 heavy (non-hydrogen) atoms. The molecule has 0 saturated carbocycles. The number of anilines is 2. The molecule has 0 radical (unpaired) electrons. The fourth-order valence-corrected chi connectivity index (χ4v) is 3.01. The van der Waals surface area contributed by atoms with E-state index in [2.05, 4.69) is 31.7 Å². The molecule has 2 aromatic carbocycles. The van der Waals surface area contributed by atoms with Crippen LogP contribution in [0.15, 0.2) is 65.1 Å². The first-order valence-electron chi connectivity index (χ1n) is 7.51. The molecule has 1 aromatic heterocycles. The SMILES string of the molecule is Cn1nc(C(=O)Nc2ccccc2)c(Br)c1C(=O)Nc1ccccc1. The summed E-state index contributed by atoms with van der Waals surface area (Å²) in [7, 11) is 1.62. The maximum Gasteiger partial charge on any atom is 0.277 e. The highest BCUT2D eigenvalue weighted by Gasteiger charge is 2.24. The third-order valence-electron chi connectivity index (χ3n) is 3.48. The molecule has 0 saturated heterocycles. The van der Waals surface area contributed by atoms with Gasteiger partial charge in [0, 0.05) is 18.4 Å².